The van der Waals surface area contributed by atoms with E-state index in [1.165, 1.54) is 0 Å². The van der Waals surface area contributed by atoms with Crippen LogP contribution in [0.4, 0.5) is 0 Å². The summed E-state index contributed by atoms with van der Waals surface area (Å²) in [6.07, 6.45) is 0. The number of hydrogen-bond acceptors (Lipinski definition) is 3. The molecule has 0 fully saturated rings. The zero-order valence-electron chi connectivity index (χ0n) is 14.8. The average molecular weight is 380 g/mol. The molecule has 0 aliphatic rings. The Bertz CT molecular complexity index is 1030. The molecule has 0 spiro atoms. The van der Waals surface area contributed by atoms with Gasteiger partial charge in [0.05, 0.1) is 4.90 Å². The van der Waals surface area contributed by atoms with E-state index in [2.05, 4.69) is 10.0 Å². The minimum absolute atomic E-state index is 0.105. The van der Waals surface area contributed by atoms with Gasteiger partial charge in [0, 0.05) is 19.2 Å². The highest BCUT2D eigenvalue weighted by molar-refractivity contribution is 7.89. The largest absolute Gasteiger partial charge is 0.355 e. The van der Waals surface area contributed by atoms with Gasteiger partial charge < -0.3 is 5.32 Å². The molecule has 2 N–H and O–H groups in total. The lowest BCUT2D eigenvalue weighted by molar-refractivity contribution is 0.0963. The normalized spacial score (nSPS) is 11.1. The summed E-state index contributed by atoms with van der Waals surface area (Å²) in [5, 5.41) is 2.55. The van der Waals surface area contributed by atoms with Gasteiger partial charge in [-0.25, -0.2) is 13.1 Å². The lowest BCUT2D eigenvalue weighted by atomic mass is 10.1. The Morgan fingerprint density at radius 3 is 2.19 bits per heavy atom. The number of carbonyl (C=O) groups is 1. The first kappa shape index (κ1) is 18.8. The van der Waals surface area contributed by atoms with E-state index in [4.69, 9.17) is 0 Å². The molecule has 3 rings (SSSR count). The minimum atomic E-state index is -3.65. The van der Waals surface area contributed by atoms with Gasteiger partial charge in [0.15, 0.2) is 0 Å². The number of rotatable bonds is 6. The summed E-state index contributed by atoms with van der Waals surface area (Å²) in [5.41, 5.74) is 3.18. The molecule has 3 aromatic carbocycles. The zero-order chi connectivity index (χ0) is 19.3. The molecule has 0 bridgehead atoms. The van der Waals surface area contributed by atoms with Crippen molar-refractivity contribution in [2.75, 3.05) is 7.05 Å². The number of hydrogen-bond donors (Lipinski definition) is 2. The maximum Gasteiger partial charge on any atom is 0.251 e. The molecule has 6 heteroatoms. The Morgan fingerprint density at radius 1 is 0.852 bits per heavy atom. The third kappa shape index (κ3) is 4.61. The molecule has 0 saturated heterocycles. The fourth-order valence-corrected chi connectivity index (χ4v) is 3.70. The zero-order valence-corrected chi connectivity index (χ0v) is 15.7. The van der Waals surface area contributed by atoms with E-state index in [-0.39, 0.29) is 17.3 Å². The van der Waals surface area contributed by atoms with Crippen molar-refractivity contribution in [2.24, 2.45) is 0 Å². The van der Waals surface area contributed by atoms with Crippen LogP contribution in [0, 0.1) is 0 Å². The second-order valence-electron chi connectivity index (χ2n) is 5.99. The quantitative estimate of drug-likeness (QED) is 0.690. The van der Waals surface area contributed by atoms with E-state index in [1.807, 2.05) is 30.3 Å². The Hall–Kier alpha value is -2.96. The van der Waals surface area contributed by atoms with Gasteiger partial charge in [0.2, 0.25) is 10.0 Å². The molecule has 27 heavy (non-hydrogen) atoms. The first-order valence-electron chi connectivity index (χ1n) is 8.46. The van der Waals surface area contributed by atoms with Crippen LogP contribution in [0.25, 0.3) is 11.1 Å². The van der Waals surface area contributed by atoms with Crippen LogP contribution in [0.3, 0.4) is 0 Å². The van der Waals surface area contributed by atoms with Crippen molar-refractivity contribution in [1.82, 2.24) is 10.0 Å². The van der Waals surface area contributed by atoms with Crippen molar-refractivity contribution in [3.8, 4) is 11.1 Å². The second kappa shape index (κ2) is 8.16. The predicted octanol–water partition coefficient (Wildman–Crippen LogP) is 3.19. The number of sulfonamides is 1. The van der Waals surface area contributed by atoms with Crippen molar-refractivity contribution in [3.63, 3.8) is 0 Å². The van der Waals surface area contributed by atoms with E-state index < -0.39 is 10.0 Å². The maximum atomic E-state index is 12.5. The molecule has 138 valence electrons. The van der Waals surface area contributed by atoms with Crippen LogP contribution < -0.4 is 10.0 Å². The lowest BCUT2D eigenvalue weighted by Crippen LogP contribution is -2.23. The van der Waals surface area contributed by atoms with Crippen LogP contribution in [-0.4, -0.2) is 21.4 Å². The Labute approximate surface area is 159 Å². The van der Waals surface area contributed by atoms with Crippen LogP contribution in [0.5, 0.6) is 0 Å². The van der Waals surface area contributed by atoms with Gasteiger partial charge in [0.25, 0.3) is 5.91 Å². The van der Waals surface area contributed by atoms with Crippen molar-refractivity contribution >= 4 is 15.9 Å². The number of carbonyl (C=O) groups excluding carboxylic acids is 1. The molecule has 3 aromatic rings. The highest BCUT2D eigenvalue weighted by atomic mass is 32.2. The molecule has 0 atom stereocenters. The molecular weight excluding hydrogens is 360 g/mol. The van der Waals surface area contributed by atoms with Gasteiger partial charge in [-0.3, -0.25) is 4.79 Å². The Kier molecular flexibility index (Phi) is 5.69. The third-order valence-electron chi connectivity index (χ3n) is 4.15. The van der Waals surface area contributed by atoms with Crippen LogP contribution in [0.15, 0.2) is 83.8 Å². The molecule has 0 radical (unpaired) electrons. The van der Waals surface area contributed by atoms with Crippen molar-refractivity contribution in [3.05, 3.63) is 90.0 Å². The summed E-state index contributed by atoms with van der Waals surface area (Å²) in [6.45, 7) is 0.105. The fourth-order valence-electron chi connectivity index (χ4n) is 2.69. The van der Waals surface area contributed by atoms with Crippen LogP contribution in [-0.2, 0) is 16.6 Å². The number of amides is 1. The number of nitrogens with one attached hydrogen (secondary N) is 2. The van der Waals surface area contributed by atoms with Gasteiger partial charge in [-0.2, -0.15) is 0 Å². The lowest BCUT2D eigenvalue weighted by Gasteiger charge is -2.09. The third-order valence-corrected chi connectivity index (χ3v) is 5.57. The molecule has 0 aromatic heterocycles. The fraction of sp³-hybridized carbons (Fsp3) is 0.0952. The highest BCUT2D eigenvalue weighted by Crippen LogP contribution is 2.21. The second-order valence-corrected chi connectivity index (χ2v) is 7.76. The minimum Gasteiger partial charge on any atom is -0.355 e. The SMILES string of the molecule is CNC(=O)c1cccc(CNS(=O)(=O)c2ccc(-c3ccccc3)cc2)c1. The molecule has 5 nitrogen and oxygen atoms in total. The first-order valence-corrected chi connectivity index (χ1v) is 9.94. The van der Waals surface area contributed by atoms with Crippen molar-refractivity contribution in [2.45, 2.75) is 11.4 Å². The summed E-state index contributed by atoms with van der Waals surface area (Å²) in [4.78, 5) is 11.9. The van der Waals surface area contributed by atoms with E-state index in [1.54, 1.807) is 55.6 Å². The van der Waals surface area contributed by atoms with Crippen molar-refractivity contribution < 1.29 is 13.2 Å². The van der Waals surface area contributed by atoms with Crippen LogP contribution in [0.1, 0.15) is 15.9 Å². The van der Waals surface area contributed by atoms with E-state index in [9.17, 15) is 13.2 Å². The summed E-state index contributed by atoms with van der Waals surface area (Å²) in [5.74, 6) is -0.212. The Morgan fingerprint density at radius 2 is 1.52 bits per heavy atom. The average Bonchev–Trinajstić information content (AvgIpc) is 2.73. The standard InChI is InChI=1S/C21H20N2O3S/c1-22-21(24)19-9-5-6-16(14-19)15-23-27(25,26)20-12-10-18(11-13-20)17-7-3-2-4-8-17/h2-14,23H,15H2,1H3,(H,22,24). The molecule has 1 amide bonds. The summed E-state index contributed by atoms with van der Waals surface area (Å²) < 4.78 is 27.7. The van der Waals surface area contributed by atoms with Gasteiger partial charge >= 0.3 is 0 Å². The first-order chi connectivity index (χ1) is 13.0. The predicted molar refractivity (Wildman–Crippen MR) is 106 cm³/mol. The summed E-state index contributed by atoms with van der Waals surface area (Å²) in [7, 11) is -2.09. The van der Waals surface area contributed by atoms with Gasteiger partial charge in [-0.05, 0) is 41.0 Å². The van der Waals surface area contributed by atoms with Crippen LogP contribution in [0.2, 0.25) is 0 Å². The smallest absolute Gasteiger partial charge is 0.251 e. The van der Waals surface area contributed by atoms with E-state index in [0.29, 0.717) is 11.1 Å². The summed E-state index contributed by atoms with van der Waals surface area (Å²) in [6, 6.07) is 23.4. The molecule has 0 heterocycles. The van der Waals surface area contributed by atoms with Gasteiger partial charge in [0.1, 0.15) is 0 Å². The van der Waals surface area contributed by atoms with Gasteiger partial charge in [-0.1, -0.05) is 54.6 Å². The highest BCUT2D eigenvalue weighted by Gasteiger charge is 2.14. The molecule has 0 aliphatic heterocycles. The van der Waals surface area contributed by atoms with E-state index >= 15 is 0 Å². The van der Waals surface area contributed by atoms with Crippen LogP contribution >= 0.6 is 0 Å². The summed E-state index contributed by atoms with van der Waals surface area (Å²) >= 11 is 0. The Balaban J connectivity index is 1.73. The monoisotopic (exact) mass is 380 g/mol. The molecule has 0 saturated carbocycles. The topological polar surface area (TPSA) is 75.3 Å². The maximum absolute atomic E-state index is 12.5. The number of benzene rings is 3. The molecule has 0 aliphatic carbocycles. The molecule has 0 unspecified atom stereocenters. The van der Waals surface area contributed by atoms with Crippen molar-refractivity contribution in [1.29, 1.82) is 0 Å². The van der Waals surface area contributed by atoms with E-state index in [0.717, 1.165) is 11.1 Å². The molecular formula is C21H20N2O3S. The van der Waals surface area contributed by atoms with Gasteiger partial charge in [-0.15, -0.1) is 0 Å².